The van der Waals surface area contributed by atoms with Crippen molar-refractivity contribution in [1.29, 1.82) is 0 Å². The van der Waals surface area contributed by atoms with Crippen LogP contribution in [-0.2, 0) is 11.2 Å². The van der Waals surface area contributed by atoms with Gasteiger partial charge in [-0.2, -0.15) is 0 Å². The Morgan fingerprint density at radius 1 is 0.828 bits per heavy atom. The normalized spacial score (nSPS) is 13.9. The van der Waals surface area contributed by atoms with Crippen molar-refractivity contribution in [2.45, 2.75) is 12.5 Å². The molecular formula is C23H17BrN2O3. The maximum Gasteiger partial charge on any atom is 0.262 e. The molecule has 1 aliphatic heterocycles. The van der Waals surface area contributed by atoms with Gasteiger partial charge in [-0.1, -0.05) is 58.4 Å². The molecule has 3 aromatic carbocycles. The molecule has 0 radical (unpaired) electrons. The van der Waals surface area contributed by atoms with Crippen molar-refractivity contribution in [2.24, 2.45) is 0 Å². The second-order valence-corrected chi connectivity index (χ2v) is 7.64. The fourth-order valence-electron chi connectivity index (χ4n) is 3.38. The van der Waals surface area contributed by atoms with Gasteiger partial charge < -0.3 is 5.32 Å². The minimum absolute atomic E-state index is 0.220. The van der Waals surface area contributed by atoms with E-state index in [0.717, 1.165) is 14.9 Å². The third-order valence-corrected chi connectivity index (χ3v) is 5.35. The zero-order chi connectivity index (χ0) is 20.4. The number of halogens is 1. The van der Waals surface area contributed by atoms with Gasteiger partial charge >= 0.3 is 0 Å². The van der Waals surface area contributed by atoms with E-state index in [1.165, 1.54) is 0 Å². The van der Waals surface area contributed by atoms with Gasteiger partial charge in [-0.3, -0.25) is 19.3 Å². The van der Waals surface area contributed by atoms with Crippen LogP contribution < -0.4 is 5.32 Å². The molecule has 0 bridgehead atoms. The molecule has 1 atom stereocenters. The van der Waals surface area contributed by atoms with Crippen LogP contribution in [0.15, 0.2) is 83.3 Å². The summed E-state index contributed by atoms with van der Waals surface area (Å²) in [7, 11) is 0. The Morgan fingerprint density at radius 2 is 1.38 bits per heavy atom. The standard InChI is InChI=1S/C23H17BrN2O3/c24-16-12-10-15(11-13-16)14-20(21(27)25-17-6-2-1-3-7-17)26-22(28)18-8-4-5-9-19(18)23(26)29/h1-13,20H,14H2,(H,25,27). The second-order valence-electron chi connectivity index (χ2n) is 6.73. The molecule has 3 amide bonds. The molecule has 3 aromatic rings. The van der Waals surface area contributed by atoms with E-state index in [4.69, 9.17) is 0 Å². The van der Waals surface area contributed by atoms with Gasteiger partial charge in [0.2, 0.25) is 5.91 Å². The van der Waals surface area contributed by atoms with E-state index in [1.54, 1.807) is 48.5 Å². The van der Waals surface area contributed by atoms with Crippen LogP contribution in [0.1, 0.15) is 26.3 Å². The van der Waals surface area contributed by atoms with Crippen LogP contribution in [0.4, 0.5) is 5.69 Å². The first-order valence-corrected chi connectivity index (χ1v) is 9.91. The van der Waals surface area contributed by atoms with Gasteiger partial charge in [-0.15, -0.1) is 0 Å². The van der Waals surface area contributed by atoms with Crippen molar-refractivity contribution in [2.75, 3.05) is 5.32 Å². The number of carbonyl (C=O) groups is 3. The molecule has 1 unspecified atom stereocenters. The fraction of sp³-hybridized carbons (Fsp3) is 0.0870. The number of anilines is 1. The number of fused-ring (bicyclic) bond motifs is 1. The molecule has 1 N–H and O–H groups in total. The minimum atomic E-state index is -0.969. The summed E-state index contributed by atoms with van der Waals surface area (Å²) in [6, 6.07) is 22.1. The number of nitrogens with one attached hydrogen (secondary N) is 1. The molecule has 1 aliphatic rings. The Bertz CT molecular complexity index is 1050. The monoisotopic (exact) mass is 448 g/mol. The van der Waals surface area contributed by atoms with E-state index in [9.17, 15) is 14.4 Å². The summed E-state index contributed by atoms with van der Waals surface area (Å²) in [5.41, 5.74) is 2.10. The fourth-order valence-corrected chi connectivity index (χ4v) is 3.65. The smallest absolute Gasteiger partial charge is 0.262 e. The highest BCUT2D eigenvalue weighted by molar-refractivity contribution is 9.10. The molecule has 0 fully saturated rings. The number of amides is 3. The van der Waals surface area contributed by atoms with Crippen LogP contribution in [0.25, 0.3) is 0 Å². The zero-order valence-electron chi connectivity index (χ0n) is 15.3. The number of para-hydroxylation sites is 1. The summed E-state index contributed by atoms with van der Waals surface area (Å²) in [6.07, 6.45) is 0.220. The van der Waals surface area contributed by atoms with Gasteiger partial charge in [0, 0.05) is 16.6 Å². The molecule has 144 valence electrons. The van der Waals surface area contributed by atoms with E-state index < -0.39 is 23.8 Å². The summed E-state index contributed by atoms with van der Waals surface area (Å²) in [5.74, 6) is -1.31. The molecular weight excluding hydrogens is 432 g/mol. The lowest BCUT2D eigenvalue weighted by molar-refractivity contribution is -0.119. The van der Waals surface area contributed by atoms with Crippen LogP contribution in [-0.4, -0.2) is 28.7 Å². The van der Waals surface area contributed by atoms with E-state index in [-0.39, 0.29) is 6.42 Å². The molecule has 0 aromatic heterocycles. The molecule has 29 heavy (non-hydrogen) atoms. The number of carbonyl (C=O) groups excluding carboxylic acids is 3. The highest BCUT2D eigenvalue weighted by Gasteiger charge is 2.42. The predicted molar refractivity (Wildman–Crippen MR) is 114 cm³/mol. The average Bonchev–Trinajstić information content (AvgIpc) is 2.99. The van der Waals surface area contributed by atoms with Crippen LogP contribution in [0.3, 0.4) is 0 Å². The average molecular weight is 449 g/mol. The number of hydrogen-bond donors (Lipinski definition) is 1. The third-order valence-electron chi connectivity index (χ3n) is 4.82. The zero-order valence-corrected chi connectivity index (χ0v) is 16.9. The summed E-state index contributed by atoms with van der Waals surface area (Å²) in [5, 5.41) is 2.82. The predicted octanol–water partition coefficient (Wildman–Crippen LogP) is 4.30. The first-order valence-electron chi connectivity index (χ1n) is 9.12. The van der Waals surface area contributed by atoms with Crippen LogP contribution >= 0.6 is 15.9 Å². The maximum atomic E-state index is 13.1. The molecule has 0 aliphatic carbocycles. The van der Waals surface area contributed by atoms with E-state index >= 15 is 0 Å². The number of nitrogens with zero attached hydrogens (tertiary/aromatic N) is 1. The largest absolute Gasteiger partial charge is 0.324 e. The van der Waals surface area contributed by atoms with E-state index in [1.807, 2.05) is 30.3 Å². The second kappa shape index (κ2) is 8.01. The summed E-state index contributed by atoms with van der Waals surface area (Å²) >= 11 is 3.39. The first kappa shape index (κ1) is 19.1. The number of benzene rings is 3. The summed E-state index contributed by atoms with van der Waals surface area (Å²) < 4.78 is 0.910. The van der Waals surface area contributed by atoms with Crippen molar-refractivity contribution in [1.82, 2.24) is 4.90 Å². The van der Waals surface area contributed by atoms with Crippen LogP contribution in [0, 0.1) is 0 Å². The topological polar surface area (TPSA) is 66.5 Å². The number of hydrogen-bond acceptors (Lipinski definition) is 3. The Morgan fingerprint density at radius 3 is 1.97 bits per heavy atom. The van der Waals surface area contributed by atoms with E-state index in [0.29, 0.717) is 16.8 Å². The van der Waals surface area contributed by atoms with Gasteiger partial charge in [0.05, 0.1) is 11.1 Å². The van der Waals surface area contributed by atoms with Crippen LogP contribution in [0.2, 0.25) is 0 Å². The Kier molecular flexibility index (Phi) is 5.27. The van der Waals surface area contributed by atoms with Gasteiger partial charge in [0.1, 0.15) is 6.04 Å². The Balaban J connectivity index is 1.68. The third kappa shape index (κ3) is 3.84. The van der Waals surface area contributed by atoms with Crippen molar-refractivity contribution in [3.8, 4) is 0 Å². The molecule has 0 spiro atoms. The molecule has 5 nitrogen and oxygen atoms in total. The van der Waals surface area contributed by atoms with Crippen molar-refractivity contribution in [3.63, 3.8) is 0 Å². The van der Waals surface area contributed by atoms with Crippen molar-refractivity contribution >= 4 is 39.3 Å². The maximum absolute atomic E-state index is 13.1. The quantitative estimate of drug-likeness (QED) is 0.591. The first-order chi connectivity index (χ1) is 14.0. The molecule has 0 saturated carbocycles. The number of rotatable bonds is 5. The van der Waals surface area contributed by atoms with Gasteiger partial charge in [0.15, 0.2) is 0 Å². The molecule has 1 heterocycles. The van der Waals surface area contributed by atoms with Crippen molar-refractivity contribution in [3.05, 3.63) is 100 Å². The molecule has 6 heteroatoms. The summed E-state index contributed by atoms with van der Waals surface area (Å²) in [6.45, 7) is 0. The SMILES string of the molecule is O=C(Nc1ccccc1)C(Cc1ccc(Br)cc1)N1C(=O)c2ccccc2C1=O. The van der Waals surface area contributed by atoms with Gasteiger partial charge in [-0.05, 0) is 42.0 Å². The van der Waals surface area contributed by atoms with Gasteiger partial charge in [-0.25, -0.2) is 0 Å². The summed E-state index contributed by atoms with van der Waals surface area (Å²) in [4.78, 5) is 40.2. The van der Waals surface area contributed by atoms with Crippen LogP contribution in [0.5, 0.6) is 0 Å². The highest BCUT2D eigenvalue weighted by Crippen LogP contribution is 2.27. The Labute approximate surface area is 176 Å². The lowest BCUT2D eigenvalue weighted by Crippen LogP contribution is -2.48. The molecule has 0 saturated heterocycles. The van der Waals surface area contributed by atoms with E-state index in [2.05, 4.69) is 21.2 Å². The molecule has 4 rings (SSSR count). The lowest BCUT2D eigenvalue weighted by atomic mass is 10.0. The van der Waals surface area contributed by atoms with Gasteiger partial charge in [0.25, 0.3) is 11.8 Å². The van der Waals surface area contributed by atoms with Crippen molar-refractivity contribution < 1.29 is 14.4 Å². The number of imide groups is 1. The highest BCUT2D eigenvalue weighted by atomic mass is 79.9. The lowest BCUT2D eigenvalue weighted by Gasteiger charge is -2.25. The Hall–Kier alpha value is -3.25. The minimum Gasteiger partial charge on any atom is -0.324 e.